The molecule has 21 heavy (non-hydrogen) atoms. The lowest BCUT2D eigenvalue weighted by Gasteiger charge is -2.09. The fourth-order valence-corrected chi connectivity index (χ4v) is 2.66. The van der Waals surface area contributed by atoms with E-state index in [9.17, 15) is 4.79 Å². The lowest BCUT2D eigenvalue weighted by molar-refractivity contribution is 0.252. The third-order valence-electron chi connectivity index (χ3n) is 2.86. The van der Waals surface area contributed by atoms with E-state index >= 15 is 0 Å². The Morgan fingerprint density at radius 3 is 2.95 bits per heavy atom. The molecule has 0 spiro atoms. The van der Waals surface area contributed by atoms with Crippen LogP contribution in [0.1, 0.15) is 6.42 Å². The summed E-state index contributed by atoms with van der Waals surface area (Å²) in [7, 11) is 0. The van der Waals surface area contributed by atoms with E-state index in [4.69, 9.17) is 5.11 Å². The van der Waals surface area contributed by atoms with Crippen molar-refractivity contribution in [1.82, 2.24) is 10.3 Å². The van der Waals surface area contributed by atoms with Crippen LogP contribution in [-0.2, 0) is 0 Å². The second-order valence-corrected chi connectivity index (χ2v) is 5.68. The highest BCUT2D eigenvalue weighted by atomic mass is 32.2. The van der Waals surface area contributed by atoms with Gasteiger partial charge in [-0.25, -0.2) is 4.79 Å². The van der Waals surface area contributed by atoms with Crippen LogP contribution in [0.5, 0.6) is 0 Å². The largest absolute Gasteiger partial charge is 0.396 e. The van der Waals surface area contributed by atoms with Gasteiger partial charge in [-0.15, -0.1) is 0 Å². The molecule has 1 heterocycles. The number of rotatable bonds is 7. The number of aliphatic hydroxyl groups excluding tert-OH is 1. The lowest BCUT2D eigenvalue weighted by atomic mass is 10.2. The van der Waals surface area contributed by atoms with Crippen molar-refractivity contribution >= 4 is 34.4 Å². The number of hydrogen-bond acceptors (Lipinski definition) is 4. The zero-order valence-electron chi connectivity index (χ0n) is 11.7. The zero-order valence-corrected chi connectivity index (χ0v) is 12.5. The number of aromatic nitrogens is 1. The molecular weight excluding hydrogens is 286 g/mol. The summed E-state index contributed by atoms with van der Waals surface area (Å²) in [6.07, 6.45) is 2.50. The molecule has 0 aliphatic heterocycles. The van der Waals surface area contributed by atoms with Gasteiger partial charge in [0.2, 0.25) is 0 Å². The van der Waals surface area contributed by atoms with Crippen LogP contribution in [0.4, 0.5) is 10.5 Å². The molecule has 1 aromatic carbocycles. The number of benzene rings is 1. The number of thioether (sulfide) groups is 1. The van der Waals surface area contributed by atoms with Gasteiger partial charge in [-0.2, -0.15) is 11.8 Å². The fraction of sp³-hybridized carbons (Fsp3) is 0.333. The average molecular weight is 305 g/mol. The molecule has 0 fully saturated rings. The number of nitrogens with zero attached hydrogens (tertiary/aromatic N) is 1. The average Bonchev–Trinajstić information content (AvgIpc) is 2.51. The van der Waals surface area contributed by atoms with E-state index < -0.39 is 0 Å². The highest BCUT2D eigenvalue weighted by molar-refractivity contribution is 7.99. The molecule has 1 aromatic heterocycles. The molecule has 0 aliphatic rings. The monoisotopic (exact) mass is 305 g/mol. The van der Waals surface area contributed by atoms with Gasteiger partial charge in [0.05, 0.1) is 11.2 Å². The summed E-state index contributed by atoms with van der Waals surface area (Å²) in [6, 6.07) is 9.30. The molecular formula is C15H19N3O2S. The van der Waals surface area contributed by atoms with Gasteiger partial charge in [0, 0.05) is 30.5 Å². The third-order valence-corrected chi connectivity index (χ3v) is 3.93. The second kappa shape index (κ2) is 8.49. The van der Waals surface area contributed by atoms with E-state index in [2.05, 4.69) is 15.6 Å². The van der Waals surface area contributed by atoms with Crippen LogP contribution in [0.3, 0.4) is 0 Å². The number of fused-ring (bicyclic) bond motifs is 1. The number of amides is 2. The first-order valence-electron chi connectivity index (χ1n) is 6.88. The lowest BCUT2D eigenvalue weighted by Crippen LogP contribution is -2.30. The van der Waals surface area contributed by atoms with Crippen molar-refractivity contribution in [2.75, 3.05) is 30.0 Å². The summed E-state index contributed by atoms with van der Waals surface area (Å²) >= 11 is 1.71. The maximum atomic E-state index is 11.8. The van der Waals surface area contributed by atoms with Crippen LogP contribution in [0.25, 0.3) is 10.9 Å². The topological polar surface area (TPSA) is 74.2 Å². The summed E-state index contributed by atoms with van der Waals surface area (Å²) in [4.78, 5) is 16.1. The van der Waals surface area contributed by atoms with Gasteiger partial charge in [0.25, 0.3) is 0 Å². The highest BCUT2D eigenvalue weighted by Crippen LogP contribution is 2.20. The Labute approximate surface area is 128 Å². The van der Waals surface area contributed by atoms with Crippen molar-refractivity contribution in [1.29, 1.82) is 0 Å². The molecule has 0 bridgehead atoms. The van der Waals surface area contributed by atoms with Crippen LogP contribution in [0, 0.1) is 0 Å². The van der Waals surface area contributed by atoms with E-state index in [-0.39, 0.29) is 12.6 Å². The summed E-state index contributed by atoms with van der Waals surface area (Å²) < 4.78 is 0. The third kappa shape index (κ3) is 4.91. The molecule has 0 aliphatic carbocycles. The van der Waals surface area contributed by atoms with Crippen LogP contribution in [0.2, 0.25) is 0 Å². The van der Waals surface area contributed by atoms with Gasteiger partial charge >= 0.3 is 6.03 Å². The number of carbonyl (C=O) groups excluding carboxylic acids is 1. The summed E-state index contributed by atoms with van der Waals surface area (Å²) in [5.74, 6) is 1.74. The maximum absolute atomic E-state index is 11.8. The Hall–Kier alpha value is -1.79. The number of hydrogen-bond donors (Lipinski definition) is 3. The Bertz CT molecular complexity index is 587. The van der Waals surface area contributed by atoms with Crippen molar-refractivity contribution in [3.05, 3.63) is 36.5 Å². The van der Waals surface area contributed by atoms with Crippen LogP contribution in [-0.4, -0.2) is 40.8 Å². The number of para-hydroxylation sites is 1. The molecule has 2 aromatic rings. The Morgan fingerprint density at radius 1 is 1.24 bits per heavy atom. The summed E-state index contributed by atoms with van der Waals surface area (Å²) in [5, 5.41) is 15.3. The van der Waals surface area contributed by atoms with Crippen molar-refractivity contribution in [3.8, 4) is 0 Å². The number of urea groups is 1. The first-order valence-corrected chi connectivity index (χ1v) is 8.04. The standard InChI is InChI=1S/C15H19N3O2S/c19-9-3-10-21-11-8-17-15(20)18-13-6-1-4-12-5-2-7-16-14(12)13/h1-2,4-7,19H,3,8-11H2,(H2,17,18,20). The Balaban J connectivity index is 1.82. The fourth-order valence-electron chi connectivity index (χ4n) is 1.88. The molecule has 0 saturated heterocycles. The van der Waals surface area contributed by atoms with E-state index in [0.29, 0.717) is 12.2 Å². The first-order chi connectivity index (χ1) is 10.3. The Morgan fingerprint density at radius 2 is 2.10 bits per heavy atom. The summed E-state index contributed by atoms with van der Waals surface area (Å²) in [5.41, 5.74) is 1.49. The van der Waals surface area contributed by atoms with E-state index in [1.54, 1.807) is 18.0 Å². The molecule has 0 unspecified atom stereocenters. The number of carbonyl (C=O) groups is 1. The number of pyridine rings is 1. The first kappa shape index (κ1) is 15.6. The molecule has 0 atom stereocenters. The van der Waals surface area contributed by atoms with Gasteiger partial charge in [-0.1, -0.05) is 18.2 Å². The molecule has 112 valence electrons. The molecule has 2 amide bonds. The van der Waals surface area contributed by atoms with E-state index in [1.807, 2.05) is 30.3 Å². The molecule has 6 heteroatoms. The van der Waals surface area contributed by atoms with E-state index in [0.717, 1.165) is 28.8 Å². The van der Waals surface area contributed by atoms with Crippen molar-refractivity contribution in [2.45, 2.75) is 6.42 Å². The molecule has 3 N–H and O–H groups in total. The molecule has 0 saturated carbocycles. The van der Waals surface area contributed by atoms with Gasteiger partial charge in [-0.3, -0.25) is 4.98 Å². The van der Waals surface area contributed by atoms with Crippen LogP contribution in [0.15, 0.2) is 36.5 Å². The number of nitrogens with one attached hydrogen (secondary N) is 2. The Kier molecular flexibility index (Phi) is 6.30. The minimum atomic E-state index is -0.226. The predicted octanol–water partition coefficient (Wildman–Crippen LogP) is 2.47. The van der Waals surface area contributed by atoms with Gasteiger partial charge in [0.15, 0.2) is 0 Å². The van der Waals surface area contributed by atoms with Gasteiger partial charge in [0.1, 0.15) is 0 Å². The minimum absolute atomic E-state index is 0.217. The van der Waals surface area contributed by atoms with Gasteiger partial charge in [-0.05, 0) is 24.3 Å². The van der Waals surface area contributed by atoms with E-state index in [1.165, 1.54) is 0 Å². The van der Waals surface area contributed by atoms with Crippen LogP contribution >= 0.6 is 11.8 Å². The predicted molar refractivity (Wildman–Crippen MR) is 87.8 cm³/mol. The van der Waals surface area contributed by atoms with Crippen LogP contribution < -0.4 is 10.6 Å². The zero-order chi connectivity index (χ0) is 14.9. The quantitative estimate of drug-likeness (QED) is 0.687. The number of anilines is 1. The normalized spacial score (nSPS) is 10.5. The van der Waals surface area contributed by atoms with Crippen molar-refractivity contribution < 1.29 is 9.90 Å². The molecule has 2 rings (SSSR count). The minimum Gasteiger partial charge on any atom is -0.396 e. The SMILES string of the molecule is O=C(NCCSCCCO)Nc1cccc2cccnc12. The van der Waals surface area contributed by atoms with Crippen molar-refractivity contribution in [2.24, 2.45) is 0 Å². The highest BCUT2D eigenvalue weighted by Gasteiger charge is 2.05. The summed E-state index contributed by atoms with van der Waals surface area (Å²) in [6.45, 7) is 0.815. The van der Waals surface area contributed by atoms with Gasteiger partial charge < -0.3 is 15.7 Å². The number of aliphatic hydroxyl groups is 1. The maximum Gasteiger partial charge on any atom is 0.319 e. The molecule has 5 nitrogen and oxygen atoms in total. The second-order valence-electron chi connectivity index (χ2n) is 4.45. The molecule has 0 radical (unpaired) electrons. The van der Waals surface area contributed by atoms with Crippen molar-refractivity contribution in [3.63, 3.8) is 0 Å². The smallest absolute Gasteiger partial charge is 0.319 e.